The number of aliphatic hydroxyl groups excluding tert-OH is 1. The molecule has 1 aliphatic carbocycles. The van der Waals surface area contributed by atoms with Crippen LogP contribution in [0.25, 0.3) is 0 Å². The number of hydrogen-bond donors (Lipinski definition) is 1. The second-order valence-electron chi connectivity index (χ2n) is 5.25. The predicted octanol–water partition coefficient (Wildman–Crippen LogP) is 2.89. The lowest BCUT2D eigenvalue weighted by Gasteiger charge is -2.04. The third kappa shape index (κ3) is 2.59. The highest BCUT2D eigenvalue weighted by atomic mass is 35.5. The van der Waals surface area contributed by atoms with E-state index in [1.165, 1.54) is 0 Å². The molecular weight excluding hydrogens is 308 g/mol. The normalized spacial score (nSPS) is 24.8. The lowest BCUT2D eigenvalue weighted by molar-refractivity contribution is 0.274. The molecule has 3 atom stereocenters. The molecule has 110 valence electrons. The van der Waals surface area contributed by atoms with Gasteiger partial charge in [0.05, 0.1) is 10.1 Å². The average Bonchev–Trinajstić information content (AvgIpc) is 3.24. The molecule has 0 radical (unpaired) electrons. The Morgan fingerprint density at radius 2 is 1.62 bits per heavy atom. The van der Waals surface area contributed by atoms with Crippen LogP contribution in [0.2, 0.25) is 5.02 Å². The van der Waals surface area contributed by atoms with E-state index in [4.69, 9.17) is 11.6 Å². The summed E-state index contributed by atoms with van der Waals surface area (Å²) in [4.78, 5) is 0.310. The van der Waals surface area contributed by atoms with Gasteiger partial charge in [0, 0.05) is 23.5 Å². The molecule has 3 nitrogen and oxygen atoms in total. The van der Waals surface area contributed by atoms with Gasteiger partial charge in [-0.1, -0.05) is 41.9 Å². The average molecular weight is 323 g/mol. The van der Waals surface area contributed by atoms with E-state index in [0.717, 1.165) is 5.56 Å². The molecule has 0 spiro atoms. The summed E-state index contributed by atoms with van der Waals surface area (Å²) in [6.45, 7) is -0.135. The zero-order valence-electron chi connectivity index (χ0n) is 11.2. The monoisotopic (exact) mass is 322 g/mol. The molecule has 5 heteroatoms. The van der Waals surface area contributed by atoms with Gasteiger partial charge in [0.25, 0.3) is 0 Å². The second-order valence-corrected chi connectivity index (χ2v) is 7.79. The molecule has 1 saturated carbocycles. The fourth-order valence-corrected chi connectivity index (χ4v) is 5.22. The van der Waals surface area contributed by atoms with Crippen LogP contribution in [0.4, 0.5) is 0 Å². The maximum absolute atomic E-state index is 12.7. The van der Waals surface area contributed by atoms with Gasteiger partial charge in [0.2, 0.25) is 0 Å². The van der Waals surface area contributed by atoms with E-state index in [9.17, 15) is 13.5 Å². The van der Waals surface area contributed by atoms with Gasteiger partial charge >= 0.3 is 0 Å². The second kappa shape index (κ2) is 5.44. The molecule has 3 rings (SSSR count). The van der Waals surface area contributed by atoms with Crippen LogP contribution in [-0.4, -0.2) is 25.4 Å². The molecule has 2 aromatic carbocycles. The van der Waals surface area contributed by atoms with Crippen molar-refractivity contribution in [1.29, 1.82) is 0 Å². The molecule has 0 bridgehead atoms. The summed E-state index contributed by atoms with van der Waals surface area (Å²) in [7, 11) is -3.43. The third-order valence-corrected chi connectivity index (χ3v) is 6.53. The minimum Gasteiger partial charge on any atom is -0.396 e. The third-order valence-electron chi connectivity index (χ3n) is 3.99. The van der Waals surface area contributed by atoms with Crippen LogP contribution in [0.15, 0.2) is 59.5 Å². The highest BCUT2D eigenvalue weighted by molar-refractivity contribution is 7.92. The van der Waals surface area contributed by atoms with E-state index in [0.29, 0.717) is 9.92 Å². The first-order valence-corrected chi connectivity index (χ1v) is 8.63. The van der Waals surface area contributed by atoms with Gasteiger partial charge in [-0.2, -0.15) is 0 Å². The van der Waals surface area contributed by atoms with Crippen LogP contribution < -0.4 is 0 Å². The lowest BCUT2D eigenvalue weighted by Crippen LogP contribution is -2.11. The Morgan fingerprint density at radius 3 is 2.19 bits per heavy atom. The molecular formula is C16H15ClO3S. The summed E-state index contributed by atoms with van der Waals surface area (Å²) in [5.74, 6) is -0.422. The summed E-state index contributed by atoms with van der Waals surface area (Å²) in [5, 5.41) is 9.53. The van der Waals surface area contributed by atoms with Crippen LogP contribution in [0, 0.1) is 5.92 Å². The molecule has 2 aromatic rings. The quantitative estimate of drug-likeness (QED) is 0.941. The van der Waals surface area contributed by atoms with E-state index in [-0.39, 0.29) is 18.4 Å². The Hall–Kier alpha value is -1.36. The molecule has 1 N–H and O–H groups in total. The maximum atomic E-state index is 12.7. The van der Waals surface area contributed by atoms with E-state index in [1.54, 1.807) is 42.5 Å². The standard InChI is InChI=1S/C16H15ClO3S/c17-12-8-6-11(7-9-12)15-14(10-18)16(15)21(19,20)13-4-2-1-3-5-13/h1-9,14-16,18H,10H2/t14-,15+,16+/m0/s1. The number of halogens is 1. The Kier molecular flexibility index (Phi) is 3.78. The minimum absolute atomic E-state index is 0.135. The van der Waals surface area contributed by atoms with Gasteiger partial charge in [-0.15, -0.1) is 0 Å². The van der Waals surface area contributed by atoms with Crippen molar-refractivity contribution >= 4 is 21.4 Å². The Bertz CT molecular complexity index is 726. The SMILES string of the molecule is O=S(=O)(c1ccccc1)[C@@H]1[C@@H](CO)[C@H]1c1ccc(Cl)cc1. The first-order chi connectivity index (χ1) is 10.1. The molecule has 0 unspecified atom stereocenters. The van der Waals surface area contributed by atoms with E-state index < -0.39 is 15.1 Å². The van der Waals surface area contributed by atoms with Gasteiger partial charge < -0.3 is 5.11 Å². The topological polar surface area (TPSA) is 54.4 Å². The molecule has 0 saturated heterocycles. The van der Waals surface area contributed by atoms with Crippen LogP contribution in [0.3, 0.4) is 0 Å². The van der Waals surface area contributed by atoms with Crippen LogP contribution in [0.1, 0.15) is 11.5 Å². The van der Waals surface area contributed by atoms with E-state index in [1.807, 2.05) is 12.1 Å². The summed E-state index contributed by atoms with van der Waals surface area (Å²) < 4.78 is 25.4. The van der Waals surface area contributed by atoms with E-state index >= 15 is 0 Å². The smallest absolute Gasteiger partial charge is 0.182 e. The fourth-order valence-electron chi connectivity index (χ4n) is 2.87. The number of sulfone groups is 1. The molecule has 0 amide bonds. The van der Waals surface area contributed by atoms with Gasteiger partial charge in [0.15, 0.2) is 9.84 Å². The zero-order valence-corrected chi connectivity index (χ0v) is 12.8. The van der Waals surface area contributed by atoms with Crippen molar-refractivity contribution in [3.8, 4) is 0 Å². The van der Waals surface area contributed by atoms with Crippen LogP contribution in [0.5, 0.6) is 0 Å². The van der Waals surface area contributed by atoms with Crippen molar-refractivity contribution in [2.24, 2.45) is 5.92 Å². The van der Waals surface area contributed by atoms with Crippen molar-refractivity contribution < 1.29 is 13.5 Å². The first-order valence-electron chi connectivity index (χ1n) is 6.71. The van der Waals surface area contributed by atoms with Gasteiger partial charge in [-0.3, -0.25) is 0 Å². The number of hydrogen-bond acceptors (Lipinski definition) is 3. The van der Waals surface area contributed by atoms with E-state index in [2.05, 4.69) is 0 Å². The van der Waals surface area contributed by atoms with Crippen molar-refractivity contribution in [2.75, 3.05) is 6.61 Å². The number of benzene rings is 2. The summed E-state index contributed by atoms with van der Waals surface area (Å²) in [6.07, 6.45) is 0. The van der Waals surface area contributed by atoms with Gasteiger partial charge in [-0.25, -0.2) is 8.42 Å². The highest BCUT2D eigenvalue weighted by Crippen LogP contribution is 2.53. The van der Waals surface area contributed by atoms with Crippen molar-refractivity contribution in [3.05, 3.63) is 65.2 Å². The summed E-state index contributed by atoms with van der Waals surface area (Å²) in [5.41, 5.74) is 0.906. The number of aliphatic hydroxyl groups is 1. The van der Waals surface area contributed by atoms with Crippen molar-refractivity contribution in [3.63, 3.8) is 0 Å². The highest BCUT2D eigenvalue weighted by Gasteiger charge is 2.58. The van der Waals surface area contributed by atoms with Crippen LogP contribution in [-0.2, 0) is 9.84 Å². The molecule has 21 heavy (non-hydrogen) atoms. The summed E-state index contributed by atoms with van der Waals surface area (Å²) in [6, 6.07) is 15.5. The Morgan fingerprint density at radius 1 is 1.00 bits per heavy atom. The Labute approximate surface area is 129 Å². The van der Waals surface area contributed by atoms with Crippen molar-refractivity contribution in [1.82, 2.24) is 0 Å². The fraction of sp³-hybridized carbons (Fsp3) is 0.250. The zero-order chi connectivity index (χ0) is 15.0. The predicted molar refractivity (Wildman–Crippen MR) is 82.2 cm³/mol. The van der Waals surface area contributed by atoms with Crippen molar-refractivity contribution in [2.45, 2.75) is 16.1 Å². The molecule has 1 fully saturated rings. The molecule has 1 aliphatic rings. The summed E-state index contributed by atoms with van der Waals surface area (Å²) >= 11 is 5.86. The van der Waals surface area contributed by atoms with Gasteiger partial charge in [-0.05, 0) is 29.8 Å². The molecule has 0 heterocycles. The minimum atomic E-state index is -3.43. The largest absolute Gasteiger partial charge is 0.396 e. The Balaban J connectivity index is 1.94. The lowest BCUT2D eigenvalue weighted by atomic mass is 10.1. The number of rotatable bonds is 4. The van der Waals surface area contributed by atoms with Crippen LogP contribution >= 0.6 is 11.6 Å². The molecule has 0 aromatic heterocycles. The van der Waals surface area contributed by atoms with Gasteiger partial charge in [0.1, 0.15) is 0 Å². The molecule has 0 aliphatic heterocycles. The first kappa shape index (κ1) is 14.6. The maximum Gasteiger partial charge on any atom is 0.182 e.